The highest BCUT2D eigenvalue weighted by atomic mass is 79.9. The second-order valence-electron chi connectivity index (χ2n) is 4.04. The average molecular weight is 338 g/mol. The zero-order valence-corrected chi connectivity index (χ0v) is 12.2. The van der Waals surface area contributed by atoms with E-state index in [0.717, 1.165) is 10.2 Å². The van der Waals surface area contributed by atoms with Crippen LogP contribution in [0.25, 0.3) is 0 Å². The summed E-state index contributed by atoms with van der Waals surface area (Å²) in [4.78, 5) is 10.2. The van der Waals surface area contributed by atoms with E-state index in [9.17, 15) is 10.1 Å². The molecule has 0 heterocycles. The number of nitro groups is 1. The van der Waals surface area contributed by atoms with Crippen LogP contribution in [0, 0.1) is 10.1 Å². The number of ether oxygens (including phenoxy) is 1. The molecule has 7 heteroatoms. The van der Waals surface area contributed by atoms with Gasteiger partial charge in [-0.05, 0) is 24.3 Å². The lowest BCUT2D eigenvalue weighted by molar-refractivity contribution is -0.383. The van der Waals surface area contributed by atoms with Crippen molar-refractivity contribution in [3.63, 3.8) is 0 Å². The molecule has 104 valence electrons. The van der Waals surface area contributed by atoms with E-state index >= 15 is 0 Å². The number of methoxy groups -OCH3 is 1. The van der Waals surface area contributed by atoms with Crippen molar-refractivity contribution in [2.75, 3.05) is 18.2 Å². The number of nitro benzene ring substituents is 1. The number of nitrogens with two attached hydrogens (primary N) is 1. The molecule has 0 spiro atoms. The number of anilines is 3. The van der Waals surface area contributed by atoms with Crippen LogP contribution in [0.4, 0.5) is 22.7 Å². The summed E-state index contributed by atoms with van der Waals surface area (Å²) in [5.41, 5.74) is 7.09. The highest BCUT2D eigenvalue weighted by Crippen LogP contribution is 2.30. The second kappa shape index (κ2) is 5.79. The number of nitrogens with one attached hydrogen (secondary N) is 1. The highest BCUT2D eigenvalue weighted by Gasteiger charge is 2.11. The van der Waals surface area contributed by atoms with Gasteiger partial charge in [-0.2, -0.15) is 0 Å². The van der Waals surface area contributed by atoms with Crippen LogP contribution in [0.3, 0.4) is 0 Å². The van der Waals surface area contributed by atoms with E-state index in [1.807, 2.05) is 18.2 Å². The zero-order chi connectivity index (χ0) is 14.7. The number of nitrogens with zero attached hydrogens (tertiary/aromatic N) is 1. The molecular weight excluding hydrogens is 326 g/mol. The fraction of sp³-hybridized carbons (Fsp3) is 0.0769. The molecule has 0 unspecified atom stereocenters. The fourth-order valence-corrected chi connectivity index (χ4v) is 2.19. The molecule has 0 aliphatic heterocycles. The lowest BCUT2D eigenvalue weighted by Gasteiger charge is -2.09. The Bertz CT molecular complexity index is 661. The largest absolute Gasteiger partial charge is 0.497 e. The predicted molar refractivity (Wildman–Crippen MR) is 81.5 cm³/mol. The van der Waals surface area contributed by atoms with Gasteiger partial charge in [0.15, 0.2) is 0 Å². The van der Waals surface area contributed by atoms with Gasteiger partial charge in [-0.25, -0.2) is 0 Å². The van der Waals surface area contributed by atoms with E-state index in [1.165, 1.54) is 12.1 Å². The lowest BCUT2D eigenvalue weighted by Crippen LogP contribution is -1.98. The van der Waals surface area contributed by atoms with Gasteiger partial charge >= 0.3 is 0 Å². The minimum atomic E-state index is -0.513. The Balaban J connectivity index is 2.28. The first-order chi connectivity index (χ1) is 9.49. The molecule has 20 heavy (non-hydrogen) atoms. The molecule has 3 N–H and O–H groups in total. The molecule has 0 saturated carbocycles. The minimum Gasteiger partial charge on any atom is -0.497 e. The molecular formula is C13H12BrN3O3. The van der Waals surface area contributed by atoms with E-state index in [4.69, 9.17) is 10.5 Å². The van der Waals surface area contributed by atoms with Gasteiger partial charge in [-0.1, -0.05) is 15.9 Å². The number of benzene rings is 2. The Hall–Kier alpha value is -2.28. The van der Waals surface area contributed by atoms with Crippen molar-refractivity contribution in [1.82, 2.24) is 0 Å². The van der Waals surface area contributed by atoms with Crippen molar-refractivity contribution in [3.8, 4) is 5.75 Å². The molecule has 2 aromatic carbocycles. The number of hydrogen-bond acceptors (Lipinski definition) is 5. The quantitative estimate of drug-likeness (QED) is 0.504. The monoisotopic (exact) mass is 337 g/mol. The van der Waals surface area contributed by atoms with Gasteiger partial charge in [-0.3, -0.25) is 10.1 Å². The van der Waals surface area contributed by atoms with Crippen LogP contribution in [0.1, 0.15) is 0 Å². The van der Waals surface area contributed by atoms with Gasteiger partial charge in [0.25, 0.3) is 5.69 Å². The summed E-state index contributed by atoms with van der Waals surface area (Å²) in [7, 11) is 1.58. The van der Waals surface area contributed by atoms with E-state index in [1.54, 1.807) is 13.2 Å². The first-order valence-corrected chi connectivity index (χ1v) is 6.44. The first-order valence-electron chi connectivity index (χ1n) is 5.65. The molecule has 0 aliphatic rings. The summed E-state index contributed by atoms with van der Waals surface area (Å²) in [5.74, 6) is 0.691. The highest BCUT2D eigenvalue weighted by molar-refractivity contribution is 9.10. The van der Waals surface area contributed by atoms with Crippen molar-refractivity contribution >= 4 is 38.7 Å². The van der Waals surface area contributed by atoms with Crippen molar-refractivity contribution in [3.05, 3.63) is 51.0 Å². The molecule has 2 aromatic rings. The Labute approximate surface area is 123 Å². The maximum atomic E-state index is 10.7. The van der Waals surface area contributed by atoms with Gasteiger partial charge in [-0.15, -0.1) is 0 Å². The number of rotatable bonds is 4. The van der Waals surface area contributed by atoms with Crippen LogP contribution in [-0.4, -0.2) is 12.0 Å². The van der Waals surface area contributed by atoms with E-state index in [-0.39, 0.29) is 11.4 Å². The minimum absolute atomic E-state index is 0.109. The molecule has 0 saturated heterocycles. The normalized spacial score (nSPS) is 10.1. The van der Waals surface area contributed by atoms with Gasteiger partial charge < -0.3 is 15.8 Å². The van der Waals surface area contributed by atoms with Crippen molar-refractivity contribution < 1.29 is 9.66 Å². The van der Waals surface area contributed by atoms with Crippen molar-refractivity contribution in [1.29, 1.82) is 0 Å². The smallest absolute Gasteiger partial charge is 0.292 e. The molecule has 0 fully saturated rings. The molecule has 0 aliphatic carbocycles. The predicted octanol–water partition coefficient (Wildman–Crippen LogP) is 3.69. The van der Waals surface area contributed by atoms with Crippen LogP contribution in [-0.2, 0) is 0 Å². The molecule has 2 rings (SSSR count). The maximum Gasteiger partial charge on any atom is 0.292 e. The van der Waals surface area contributed by atoms with Gasteiger partial charge in [0, 0.05) is 28.0 Å². The summed E-state index contributed by atoms with van der Waals surface area (Å²) >= 11 is 3.38. The van der Waals surface area contributed by atoms with Crippen LogP contribution in [0.5, 0.6) is 5.75 Å². The van der Waals surface area contributed by atoms with Gasteiger partial charge in [0.2, 0.25) is 0 Å². The fourth-order valence-electron chi connectivity index (χ4n) is 1.72. The summed E-state index contributed by atoms with van der Waals surface area (Å²) in [5, 5.41) is 13.8. The van der Waals surface area contributed by atoms with E-state index in [0.29, 0.717) is 11.4 Å². The second-order valence-corrected chi connectivity index (χ2v) is 4.95. The summed E-state index contributed by atoms with van der Waals surface area (Å²) in [6.45, 7) is 0. The lowest BCUT2D eigenvalue weighted by atomic mass is 10.2. The molecule has 0 bridgehead atoms. The van der Waals surface area contributed by atoms with Crippen LogP contribution in [0.15, 0.2) is 40.9 Å². The van der Waals surface area contributed by atoms with Crippen molar-refractivity contribution in [2.24, 2.45) is 0 Å². The Morgan fingerprint density at radius 2 is 2.00 bits per heavy atom. The first kappa shape index (κ1) is 14.1. The number of nitrogen functional groups attached to an aromatic ring is 1. The molecule has 0 radical (unpaired) electrons. The summed E-state index contributed by atoms with van der Waals surface area (Å²) in [6.07, 6.45) is 0. The maximum absolute atomic E-state index is 10.7. The van der Waals surface area contributed by atoms with Crippen molar-refractivity contribution in [2.45, 2.75) is 0 Å². The molecule has 0 atom stereocenters. The van der Waals surface area contributed by atoms with Crippen LogP contribution >= 0.6 is 15.9 Å². The number of halogens is 1. The van der Waals surface area contributed by atoms with Crippen LogP contribution < -0.4 is 15.8 Å². The number of hydrogen-bond donors (Lipinski definition) is 2. The third-order valence-corrected chi connectivity index (χ3v) is 3.08. The molecule has 6 nitrogen and oxygen atoms in total. The summed E-state index contributed by atoms with van der Waals surface area (Å²) in [6, 6.07) is 9.98. The van der Waals surface area contributed by atoms with E-state index in [2.05, 4.69) is 21.2 Å². The summed E-state index contributed by atoms with van der Waals surface area (Å²) < 4.78 is 6.02. The van der Waals surface area contributed by atoms with Crippen LogP contribution in [0.2, 0.25) is 0 Å². The Kier molecular flexibility index (Phi) is 4.09. The third kappa shape index (κ3) is 3.18. The van der Waals surface area contributed by atoms with E-state index < -0.39 is 4.92 Å². The standard InChI is InChI=1S/C13H12BrN3O3/c1-20-11-5-8(14)4-10(6-11)16-9-2-3-13(17(18)19)12(15)7-9/h2-7,16H,15H2,1H3. The van der Waals surface area contributed by atoms with Gasteiger partial charge in [0.1, 0.15) is 11.4 Å². The molecule has 0 amide bonds. The topological polar surface area (TPSA) is 90.4 Å². The third-order valence-electron chi connectivity index (χ3n) is 2.62. The Morgan fingerprint density at radius 1 is 1.25 bits per heavy atom. The van der Waals surface area contributed by atoms with Gasteiger partial charge in [0.05, 0.1) is 12.0 Å². The molecule has 0 aromatic heterocycles. The Morgan fingerprint density at radius 3 is 2.60 bits per heavy atom. The average Bonchev–Trinajstić information content (AvgIpc) is 2.37. The zero-order valence-electron chi connectivity index (χ0n) is 10.6. The SMILES string of the molecule is COc1cc(Br)cc(Nc2ccc([N+](=O)[O-])c(N)c2)c1.